The Labute approximate surface area is 152 Å². The van der Waals surface area contributed by atoms with Gasteiger partial charge < -0.3 is 15.0 Å². The van der Waals surface area contributed by atoms with Crippen LogP contribution in [-0.2, 0) is 6.42 Å². The first-order valence-corrected chi connectivity index (χ1v) is 9.11. The van der Waals surface area contributed by atoms with Crippen LogP contribution in [0, 0.1) is 12.8 Å². The molecule has 0 atom stereocenters. The maximum Gasteiger partial charge on any atom is 0.252 e. The zero-order valence-corrected chi connectivity index (χ0v) is 14.9. The molecule has 1 amide bonds. The van der Waals surface area contributed by atoms with E-state index in [-0.39, 0.29) is 5.91 Å². The molecule has 0 saturated heterocycles. The minimum atomic E-state index is -0.105. The van der Waals surface area contributed by atoms with E-state index in [0.717, 1.165) is 35.3 Å². The van der Waals surface area contributed by atoms with Gasteiger partial charge in [0.2, 0.25) is 0 Å². The summed E-state index contributed by atoms with van der Waals surface area (Å²) in [7, 11) is 0. The van der Waals surface area contributed by atoms with E-state index in [1.165, 1.54) is 12.8 Å². The Morgan fingerprint density at radius 2 is 2.15 bits per heavy atom. The maximum atomic E-state index is 12.3. The van der Waals surface area contributed by atoms with Gasteiger partial charge in [0.15, 0.2) is 0 Å². The number of carbonyl (C=O) groups is 1. The first-order valence-electron chi connectivity index (χ1n) is 9.11. The fourth-order valence-corrected chi connectivity index (χ4v) is 2.93. The summed E-state index contributed by atoms with van der Waals surface area (Å²) in [5.74, 6) is 1.52. The molecule has 0 aliphatic heterocycles. The highest BCUT2D eigenvalue weighted by Gasteiger charge is 2.20. The minimum absolute atomic E-state index is 0.105. The molecule has 0 bridgehead atoms. The highest BCUT2D eigenvalue weighted by molar-refractivity contribution is 5.94. The molecule has 0 spiro atoms. The molecule has 26 heavy (non-hydrogen) atoms. The summed E-state index contributed by atoms with van der Waals surface area (Å²) < 4.78 is 2.06. The lowest BCUT2D eigenvalue weighted by molar-refractivity contribution is 0.0954. The molecule has 134 valence electrons. The van der Waals surface area contributed by atoms with Crippen LogP contribution in [0.25, 0.3) is 5.65 Å². The molecule has 6 heteroatoms. The number of hydrogen-bond acceptors (Lipinski definition) is 4. The number of carbonyl (C=O) groups excluding carboxylic acids is 1. The molecule has 1 saturated carbocycles. The number of fused-ring (bicyclic) bond motifs is 1. The molecule has 6 nitrogen and oxygen atoms in total. The number of aryl methyl sites for hydroxylation is 1. The zero-order chi connectivity index (χ0) is 17.9. The molecule has 3 aromatic rings. The van der Waals surface area contributed by atoms with Crippen LogP contribution < -0.4 is 10.6 Å². The molecule has 4 rings (SSSR count). The predicted molar refractivity (Wildman–Crippen MR) is 101 cm³/mol. The summed E-state index contributed by atoms with van der Waals surface area (Å²) in [5, 5.41) is 6.24. The van der Waals surface area contributed by atoms with Crippen LogP contribution in [0.4, 0.5) is 5.82 Å². The average Bonchev–Trinajstić information content (AvgIpc) is 3.38. The van der Waals surface area contributed by atoms with Gasteiger partial charge in [-0.25, -0.2) is 9.97 Å². The summed E-state index contributed by atoms with van der Waals surface area (Å²) in [6, 6.07) is 9.71. The monoisotopic (exact) mass is 349 g/mol. The average molecular weight is 349 g/mol. The van der Waals surface area contributed by atoms with Gasteiger partial charge >= 0.3 is 0 Å². The van der Waals surface area contributed by atoms with Gasteiger partial charge in [0.25, 0.3) is 5.91 Å². The van der Waals surface area contributed by atoms with E-state index >= 15 is 0 Å². The van der Waals surface area contributed by atoms with E-state index in [9.17, 15) is 4.79 Å². The van der Waals surface area contributed by atoms with Crippen molar-refractivity contribution in [3.8, 4) is 0 Å². The summed E-state index contributed by atoms with van der Waals surface area (Å²) in [4.78, 5) is 21.2. The molecule has 3 heterocycles. The van der Waals surface area contributed by atoms with E-state index in [1.807, 2.05) is 30.5 Å². The normalized spacial score (nSPS) is 13.7. The van der Waals surface area contributed by atoms with Crippen LogP contribution in [0.15, 0.2) is 42.7 Å². The SMILES string of the molecule is Cc1cccc2nc(CCNC(=O)c3ccc(NCC4CC4)nc3)cn12. The molecule has 3 aromatic heterocycles. The van der Waals surface area contributed by atoms with Crippen molar-refractivity contribution in [3.63, 3.8) is 0 Å². The fraction of sp³-hybridized carbons (Fsp3) is 0.350. The van der Waals surface area contributed by atoms with Crippen molar-refractivity contribution in [2.24, 2.45) is 5.92 Å². The molecular formula is C20H23N5O. The molecule has 0 aromatic carbocycles. The van der Waals surface area contributed by atoms with Crippen LogP contribution in [0.3, 0.4) is 0 Å². The number of amides is 1. The Morgan fingerprint density at radius 3 is 2.88 bits per heavy atom. The topological polar surface area (TPSA) is 71.3 Å². The van der Waals surface area contributed by atoms with Crippen LogP contribution >= 0.6 is 0 Å². The van der Waals surface area contributed by atoms with Crippen molar-refractivity contribution >= 4 is 17.4 Å². The van der Waals surface area contributed by atoms with E-state index in [0.29, 0.717) is 18.5 Å². The summed E-state index contributed by atoms with van der Waals surface area (Å²) in [5.41, 5.74) is 3.63. The van der Waals surface area contributed by atoms with E-state index in [1.54, 1.807) is 6.20 Å². The minimum Gasteiger partial charge on any atom is -0.370 e. The largest absolute Gasteiger partial charge is 0.370 e. The van der Waals surface area contributed by atoms with Crippen LogP contribution in [0.2, 0.25) is 0 Å². The van der Waals surface area contributed by atoms with Gasteiger partial charge in [-0.2, -0.15) is 0 Å². The molecule has 2 N–H and O–H groups in total. The third-order valence-corrected chi connectivity index (χ3v) is 4.71. The smallest absolute Gasteiger partial charge is 0.252 e. The van der Waals surface area contributed by atoms with Crippen molar-refractivity contribution < 1.29 is 4.79 Å². The van der Waals surface area contributed by atoms with Crippen molar-refractivity contribution in [1.29, 1.82) is 0 Å². The van der Waals surface area contributed by atoms with Gasteiger partial charge in [-0.15, -0.1) is 0 Å². The molecular weight excluding hydrogens is 326 g/mol. The first-order chi connectivity index (χ1) is 12.7. The number of nitrogens with one attached hydrogen (secondary N) is 2. The Bertz CT molecular complexity index is 912. The standard InChI is InChI=1S/C20H23N5O/c1-14-3-2-4-19-24-17(13-25(14)19)9-10-21-20(26)16-7-8-18(23-12-16)22-11-15-5-6-15/h2-4,7-8,12-13,15H,5-6,9-11H2,1H3,(H,21,26)(H,22,23). The second kappa shape index (κ2) is 7.15. The van der Waals surface area contributed by atoms with Gasteiger partial charge in [0, 0.05) is 37.6 Å². The molecule has 1 aliphatic rings. The van der Waals surface area contributed by atoms with Crippen molar-refractivity contribution in [1.82, 2.24) is 19.7 Å². The molecule has 1 aliphatic carbocycles. The third-order valence-electron chi connectivity index (χ3n) is 4.71. The van der Waals surface area contributed by atoms with Crippen molar-refractivity contribution in [2.45, 2.75) is 26.2 Å². The third kappa shape index (κ3) is 3.85. The predicted octanol–water partition coefficient (Wildman–Crippen LogP) is 2.83. The fourth-order valence-electron chi connectivity index (χ4n) is 2.93. The number of hydrogen-bond donors (Lipinski definition) is 2. The first kappa shape index (κ1) is 16.6. The second-order valence-electron chi connectivity index (χ2n) is 6.89. The van der Waals surface area contributed by atoms with E-state index in [2.05, 4.69) is 38.0 Å². The van der Waals surface area contributed by atoms with Crippen molar-refractivity contribution in [3.05, 3.63) is 59.7 Å². The lowest BCUT2D eigenvalue weighted by Crippen LogP contribution is -2.25. The Kier molecular flexibility index (Phi) is 4.56. The number of anilines is 1. The number of pyridine rings is 2. The number of imidazole rings is 1. The van der Waals surface area contributed by atoms with Crippen LogP contribution in [0.1, 0.15) is 34.6 Å². The lowest BCUT2D eigenvalue weighted by Gasteiger charge is -2.06. The summed E-state index contributed by atoms with van der Waals surface area (Å²) in [6.07, 6.45) is 6.96. The second-order valence-corrected chi connectivity index (χ2v) is 6.89. The van der Waals surface area contributed by atoms with Crippen LogP contribution in [-0.4, -0.2) is 33.4 Å². The van der Waals surface area contributed by atoms with Gasteiger partial charge in [-0.3, -0.25) is 4.79 Å². The Hall–Kier alpha value is -2.89. The number of rotatable bonds is 7. The Morgan fingerprint density at radius 1 is 1.27 bits per heavy atom. The van der Waals surface area contributed by atoms with Crippen LogP contribution in [0.5, 0.6) is 0 Å². The molecule has 1 fully saturated rings. The maximum absolute atomic E-state index is 12.3. The van der Waals surface area contributed by atoms with Gasteiger partial charge in [-0.05, 0) is 49.9 Å². The highest BCUT2D eigenvalue weighted by atomic mass is 16.1. The molecule has 0 unspecified atom stereocenters. The quantitative estimate of drug-likeness (QED) is 0.688. The summed E-state index contributed by atoms with van der Waals surface area (Å²) in [6.45, 7) is 3.57. The zero-order valence-electron chi connectivity index (χ0n) is 14.9. The van der Waals surface area contributed by atoms with E-state index in [4.69, 9.17) is 0 Å². The number of aromatic nitrogens is 3. The number of nitrogens with zero attached hydrogens (tertiary/aromatic N) is 3. The van der Waals surface area contributed by atoms with Gasteiger partial charge in [-0.1, -0.05) is 6.07 Å². The molecule has 0 radical (unpaired) electrons. The highest BCUT2D eigenvalue weighted by Crippen LogP contribution is 2.28. The van der Waals surface area contributed by atoms with E-state index < -0.39 is 0 Å². The summed E-state index contributed by atoms with van der Waals surface area (Å²) >= 11 is 0. The lowest BCUT2D eigenvalue weighted by atomic mass is 10.2. The van der Waals surface area contributed by atoms with Gasteiger partial charge in [0.1, 0.15) is 11.5 Å². The van der Waals surface area contributed by atoms with Gasteiger partial charge in [0.05, 0.1) is 11.3 Å². The van der Waals surface area contributed by atoms with Crippen molar-refractivity contribution in [2.75, 3.05) is 18.4 Å². The Balaban J connectivity index is 1.29.